The molecule has 2 aromatic carbocycles. The molecule has 1 saturated heterocycles. The third-order valence-electron chi connectivity index (χ3n) is 6.27. The Morgan fingerprint density at radius 2 is 1.74 bits per heavy atom. The number of carbonyl (C=O) groups excluding carboxylic acids is 1. The Morgan fingerprint density at radius 3 is 2.29 bits per heavy atom. The molecule has 182 valence electrons. The maximum Gasteiger partial charge on any atom is 0.290 e. The Balaban J connectivity index is 1.77. The van der Waals surface area contributed by atoms with E-state index in [1.54, 1.807) is 17.0 Å². The topological polar surface area (TPSA) is 95.3 Å². The summed E-state index contributed by atoms with van der Waals surface area (Å²) in [6.45, 7) is 3.99. The fraction of sp³-hybridized carbons (Fsp3) is 0.400. The third kappa shape index (κ3) is 4.44. The van der Waals surface area contributed by atoms with Gasteiger partial charge in [-0.25, -0.2) is 8.42 Å². The van der Waals surface area contributed by atoms with Gasteiger partial charge in [0, 0.05) is 23.5 Å². The second-order valence-corrected chi connectivity index (χ2v) is 10.8. The average molecular weight is 488 g/mol. The van der Waals surface area contributed by atoms with Crippen molar-refractivity contribution >= 4 is 26.7 Å². The molecule has 1 aromatic heterocycles. The Hall–Kier alpha value is -3.20. The van der Waals surface area contributed by atoms with Gasteiger partial charge in [0.1, 0.15) is 5.58 Å². The van der Waals surface area contributed by atoms with Crippen molar-refractivity contribution in [1.29, 1.82) is 0 Å². The zero-order valence-electron chi connectivity index (χ0n) is 20.0. The molecular weight excluding hydrogens is 458 g/mol. The van der Waals surface area contributed by atoms with Gasteiger partial charge in [-0.1, -0.05) is 11.6 Å². The second kappa shape index (κ2) is 9.21. The summed E-state index contributed by atoms with van der Waals surface area (Å²) in [5.74, 6) is 1.20. The zero-order chi connectivity index (χ0) is 24.6. The standard InChI is InChI=1S/C25H29NO7S/c1-15-6-7-20-19(10-15)16(2)23(33-20)25(27)26(18-8-9-34(28,29)14-18)13-17-11-21(30-3)24(32-5)22(12-17)31-4/h6-7,10-12,18H,8-9,13-14H2,1-5H3/t18-/m1/s1. The van der Waals surface area contributed by atoms with Crippen LogP contribution in [0.3, 0.4) is 0 Å². The zero-order valence-corrected chi connectivity index (χ0v) is 20.8. The van der Waals surface area contributed by atoms with E-state index in [2.05, 4.69) is 0 Å². The van der Waals surface area contributed by atoms with E-state index in [9.17, 15) is 13.2 Å². The molecule has 0 spiro atoms. The molecule has 4 rings (SSSR count). The lowest BCUT2D eigenvalue weighted by atomic mass is 10.1. The van der Waals surface area contributed by atoms with Crippen LogP contribution in [-0.2, 0) is 16.4 Å². The van der Waals surface area contributed by atoms with Crippen LogP contribution in [0.5, 0.6) is 17.2 Å². The van der Waals surface area contributed by atoms with E-state index in [4.69, 9.17) is 18.6 Å². The van der Waals surface area contributed by atoms with Gasteiger partial charge in [0.2, 0.25) is 5.75 Å². The molecule has 9 heteroatoms. The third-order valence-corrected chi connectivity index (χ3v) is 8.02. The van der Waals surface area contributed by atoms with Crippen LogP contribution in [0.4, 0.5) is 0 Å². The first-order chi connectivity index (χ1) is 16.2. The molecule has 1 fully saturated rings. The number of rotatable bonds is 7. The Bertz CT molecular complexity index is 1320. The molecule has 1 aliphatic heterocycles. The number of amides is 1. The molecule has 1 aliphatic rings. The van der Waals surface area contributed by atoms with Crippen molar-refractivity contribution in [3.8, 4) is 17.2 Å². The highest BCUT2D eigenvalue weighted by Gasteiger charge is 2.37. The number of nitrogens with zero attached hydrogens (tertiary/aromatic N) is 1. The van der Waals surface area contributed by atoms with Crippen LogP contribution in [0.25, 0.3) is 11.0 Å². The summed E-state index contributed by atoms with van der Waals surface area (Å²) in [7, 11) is 1.34. The normalized spacial score (nSPS) is 17.0. The number of benzene rings is 2. The first-order valence-corrected chi connectivity index (χ1v) is 12.8. The minimum Gasteiger partial charge on any atom is -0.493 e. The van der Waals surface area contributed by atoms with Crippen molar-refractivity contribution in [3.05, 3.63) is 52.8 Å². The number of furan rings is 1. The van der Waals surface area contributed by atoms with Crippen molar-refractivity contribution in [3.63, 3.8) is 0 Å². The highest BCUT2D eigenvalue weighted by Crippen LogP contribution is 2.39. The summed E-state index contributed by atoms with van der Waals surface area (Å²) in [6.07, 6.45) is 0.372. The number of hydrogen-bond donors (Lipinski definition) is 0. The summed E-state index contributed by atoms with van der Waals surface area (Å²) >= 11 is 0. The maximum atomic E-state index is 13.8. The van der Waals surface area contributed by atoms with Crippen LogP contribution in [0.15, 0.2) is 34.7 Å². The molecular formula is C25H29NO7S. The van der Waals surface area contributed by atoms with E-state index in [0.717, 1.165) is 22.1 Å². The summed E-state index contributed by atoms with van der Waals surface area (Å²) in [4.78, 5) is 15.4. The van der Waals surface area contributed by atoms with Crippen LogP contribution >= 0.6 is 0 Å². The van der Waals surface area contributed by atoms with Gasteiger partial charge in [-0.05, 0) is 50.1 Å². The number of methoxy groups -OCH3 is 3. The number of fused-ring (bicyclic) bond motifs is 1. The quantitative estimate of drug-likeness (QED) is 0.499. The number of ether oxygens (including phenoxy) is 3. The highest BCUT2D eigenvalue weighted by molar-refractivity contribution is 7.91. The van der Waals surface area contributed by atoms with Gasteiger partial charge >= 0.3 is 0 Å². The van der Waals surface area contributed by atoms with Crippen molar-refractivity contribution < 1.29 is 31.8 Å². The lowest BCUT2D eigenvalue weighted by molar-refractivity contribution is 0.0649. The smallest absolute Gasteiger partial charge is 0.290 e. The molecule has 0 unspecified atom stereocenters. The van der Waals surface area contributed by atoms with Crippen LogP contribution in [0, 0.1) is 13.8 Å². The van der Waals surface area contributed by atoms with Gasteiger partial charge in [-0.3, -0.25) is 4.79 Å². The van der Waals surface area contributed by atoms with Gasteiger partial charge < -0.3 is 23.5 Å². The lowest BCUT2D eigenvalue weighted by Crippen LogP contribution is -2.40. The van der Waals surface area contributed by atoms with Gasteiger partial charge in [-0.2, -0.15) is 0 Å². The first kappa shape index (κ1) is 23.9. The van der Waals surface area contributed by atoms with Crippen molar-refractivity contribution in [2.24, 2.45) is 0 Å². The van der Waals surface area contributed by atoms with E-state index in [1.807, 2.05) is 32.0 Å². The first-order valence-electron chi connectivity index (χ1n) is 11.0. The molecule has 34 heavy (non-hydrogen) atoms. The maximum absolute atomic E-state index is 13.8. The van der Waals surface area contributed by atoms with Crippen molar-refractivity contribution in [2.75, 3.05) is 32.8 Å². The van der Waals surface area contributed by atoms with Crippen LogP contribution < -0.4 is 14.2 Å². The van der Waals surface area contributed by atoms with Gasteiger partial charge in [0.15, 0.2) is 27.1 Å². The molecule has 3 aromatic rings. The van der Waals surface area contributed by atoms with E-state index in [-0.39, 0.29) is 29.7 Å². The fourth-order valence-electron chi connectivity index (χ4n) is 4.48. The second-order valence-electron chi connectivity index (χ2n) is 8.58. The van der Waals surface area contributed by atoms with Gasteiger partial charge in [0.25, 0.3) is 5.91 Å². The predicted molar refractivity (Wildman–Crippen MR) is 129 cm³/mol. The van der Waals surface area contributed by atoms with Crippen LogP contribution in [-0.4, -0.2) is 58.1 Å². The van der Waals surface area contributed by atoms with Crippen molar-refractivity contribution in [2.45, 2.75) is 32.9 Å². The summed E-state index contributed by atoms with van der Waals surface area (Å²) < 4.78 is 46.8. The lowest BCUT2D eigenvalue weighted by Gasteiger charge is -2.28. The van der Waals surface area contributed by atoms with E-state index in [0.29, 0.717) is 29.3 Å². The summed E-state index contributed by atoms with van der Waals surface area (Å²) in [5, 5.41) is 0.870. The van der Waals surface area contributed by atoms with E-state index < -0.39 is 15.9 Å². The predicted octanol–water partition coefficient (Wildman–Crippen LogP) is 3.90. The molecule has 0 radical (unpaired) electrons. The van der Waals surface area contributed by atoms with Crippen LogP contribution in [0.2, 0.25) is 0 Å². The molecule has 8 nitrogen and oxygen atoms in total. The fourth-order valence-corrected chi connectivity index (χ4v) is 6.21. The SMILES string of the molecule is COc1cc(CN(C(=O)c2oc3ccc(C)cc3c2C)[C@@H]2CCS(=O)(=O)C2)cc(OC)c1OC. The highest BCUT2D eigenvalue weighted by atomic mass is 32.2. The Kier molecular flexibility index (Phi) is 6.49. The van der Waals surface area contributed by atoms with E-state index in [1.165, 1.54) is 21.3 Å². The Morgan fingerprint density at radius 1 is 1.06 bits per heavy atom. The minimum atomic E-state index is -3.22. The number of sulfone groups is 1. The molecule has 1 amide bonds. The Labute approximate surface area is 199 Å². The molecule has 1 atom stereocenters. The van der Waals surface area contributed by atoms with Crippen LogP contribution in [0.1, 0.15) is 33.7 Å². The molecule has 0 aliphatic carbocycles. The minimum absolute atomic E-state index is 0.0506. The number of aryl methyl sites for hydroxylation is 2. The number of carbonyl (C=O) groups is 1. The summed E-state index contributed by atoms with van der Waals surface area (Å²) in [6, 6.07) is 8.81. The van der Waals surface area contributed by atoms with Gasteiger partial charge in [-0.15, -0.1) is 0 Å². The molecule has 2 heterocycles. The summed E-state index contributed by atoms with van der Waals surface area (Å²) in [5.41, 5.74) is 3.14. The van der Waals surface area contributed by atoms with Crippen molar-refractivity contribution in [1.82, 2.24) is 4.90 Å². The molecule has 0 bridgehead atoms. The number of hydrogen-bond acceptors (Lipinski definition) is 7. The monoisotopic (exact) mass is 487 g/mol. The van der Waals surface area contributed by atoms with Gasteiger partial charge in [0.05, 0.1) is 32.8 Å². The van der Waals surface area contributed by atoms with E-state index >= 15 is 0 Å². The average Bonchev–Trinajstić information content (AvgIpc) is 3.34. The molecule has 0 N–H and O–H groups in total. The molecule has 0 saturated carbocycles. The largest absolute Gasteiger partial charge is 0.493 e.